The van der Waals surface area contributed by atoms with Gasteiger partial charge in [-0.25, -0.2) is 0 Å². The standard InChI is InChI=1S/C14H13N3O2/c1-10(13-3-2-8-18-13)16-12-6-4-11(5-7-12)14-17-15-9-19-14/h2-10,16H,1H3. The van der Waals surface area contributed by atoms with Crippen molar-refractivity contribution in [3.63, 3.8) is 0 Å². The van der Waals surface area contributed by atoms with Crippen molar-refractivity contribution in [2.24, 2.45) is 0 Å². The second kappa shape index (κ2) is 4.97. The molecule has 5 heteroatoms. The minimum atomic E-state index is 0.115. The molecule has 0 spiro atoms. The third-order valence-electron chi connectivity index (χ3n) is 2.85. The normalized spacial score (nSPS) is 12.3. The summed E-state index contributed by atoms with van der Waals surface area (Å²) in [7, 11) is 0. The van der Waals surface area contributed by atoms with E-state index < -0.39 is 0 Å². The Balaban J connectivity index is 1.73. The van der Waals surface area contributed by atoms with Gasteiger partial charge in [0.25, 0.3) is 0 Å². The SMILES string of the molecule is CC(Nc1ccc(-c2nnco2)cc1)c1ccco1. The van der Waals surface area contributed by atoms with Crippen molar-refractivity contribution in [2.45, 2.75) is 13.0 Å². The molecular weight excluding hydrogens is 242 g/mol. The molecule has 5 nitrogen and oxygen atoms in total. The van der Waals surface area contributed by atoms with Crippen LogP contribution < -0.4 is 5.32 Å². The highest BCUT2D eigenvalue weighted by Gasteiger charge is 2.08. The number of hydrogen-bond donors (Lipinski definition) is 1. The largest absolute Gasteiger partial charge is 0.467 e. The van der Waals surface area contributed by atoms with E-state index in [9.17, 15) is 0 Å². The van der Waals surface area contributed by atoms with Gasteiger partial charge < -0.3 is 14.2 Å². The van der Waals surface area contributed by atoms with Crippen LogP contribution in [0.1, 0.15) is 18.7 Å². The monoisotopic (exact) mass is 255 g/mol. The first-order valence-electron chi connectivity index (χ1n) is 5.99. The number of rotatable bonds is 4. The number of aromatic nitrogens is 2. The van der Waals surface area contributed by atoms with E-state index >= 15 is 0 Å². The van der Waals surface area contributed by atoms with Crippen molar-refractivity contribution < 1.29 is 8.83 Å². The highest BCUT2D eigenvalue weighted by atomic mass is 16.4. The molecule has 1 aromatic carbocycles. The van der Waals surface area contributed by atoms with Gasteiger partial charge in [0.1, 0.15) is 5.76 Å². The zero-order chi connectivity index (χ0) is 13.1. The maximum atomic E-state index is 5.35. The minimum absolute atomic E-state index is 0.115. The van der Waals surface area contributed by atoms with Gasteiger partial charge in [-0.15, -0.1) is 10.2 Å². The Morgan fingerprint density at radius 3 is 2.58 bits per heavy atom. The topological polar surface area (TPSA) is 64.1 Å². The lowest BCUT2D eigenvalue weighted by Gasteiger charge is -2.12. The Hall–Kier alpha value is -2.56. The summed E-state index contributed by atoms with van der Waals surface area (Å²) < 4.78 is 10.5. The number of nitrogens with zero attached hydrogens (tertiary/aromatic N) is 2. The number of anilines is 1. The van der Waals surface area contributed by atoms with Crippen molar-refractivity contribution in [3.05, 3.63) is 54.8 Å². The molecule has 2 heterocycles. The molecule has 1 unspecified atom stereocenters. The summed E-state index contributed by atoms with van der Waals surface area (Å²) in [6, 6.07) is 11.8. The highest BCUT2D eigenvalue weighted by molar-refractivity contribution is 5.58. The molecule has 1 N–H and O–H groups in total. The average Bonchev–Trinajstić information content (AvgIpc) is 3.13. The van der Waals surface area contributed by atoms with Crippen molar-refractivity contribution in [1.29, 1.82) is 0 Å². The third kappa shape index (κ3) is 2.49. The fourth-order valence-electron chi connectivity index (χ4n) is 1.87. The number of hydrogen-bond acceptors (Lipinski definition) is 5. The van der Waals surface area contributed by atoms with Crippen LogP contribution in [0.25, 0.3) is 11.5 Å². The van der Waals surface area contributed by atoms with E-state index in [0.29, 0.717) is 5.89 Å². The smallest absolute Gasteiger partial charge is 0.247 e. The van der Waals surface area contributed by atoms with Crippen molar-refractivity contribution in [1.82, 2.24) is 10.2 Å². The van der Waals surface area contributed by atoms with Crippen LogP contribution in [0, 0.1) is 0 Å². The molecular formula is C14H13N3O2. The lowest BCUT2D eigenvalue weighted by molar-refractivity contribution is 0.490. The Morgan fingerprint density at radius 1 is 1.11 bits per heavy atom. The first-order chi connectivity index (χ1) is 9.33. The van der Waals surface area contributed by atoms with E-state index in [1.807, 2.05) is 43.3 Å². The molecule has 0 amide bonds. The molecule has 0 radical (unpaired) electrons. The van der Waals surface area contributed by atoms with Gasteiger partial charge in [-0.05, 0) is 43.3 Å². The molecule has 0 bridgehead atoms. The zero-order valence-corrected chi connectivity index (χ0v) is 10.4. The molecule has 2 aromatic heterocycles. The summed E-state index contributed by atoms with van der Waals surface area (Å²) in [5, 5.41) is 10.9. The van der Waals surface area contributed by atoms with Gasteiger partial charge >= 0.3 is 0 Å². The van der Waals surface area contributed by atoms with Crippen LogP contribution in [0.3, 0.4) is 0 Å². The summed E-state index contributed by atoms with van der Waals surface area (Å²) in [5.74, 6) is 1.42. The molecule has 0 aliphatic heterocycles. The van der Waals surface area contributed by atoms with Crippen molar-refractivity contribution >= 4 is 5.69 Å². The Morgan fingerprint density at radius 2 is 1.95 bits per heavy atom. The van der Waals surface area contributed by atoms with Gasteiger partial charge in [-0.1, -0.05) is 0 Å². The Labute approximate surface area is 110 Å². The highest BCUT2D eigenvalue weighted by Crippen LogP contribution is 2.22. The molecule has 0 aliphatic rings. The summed E-state index contributed by atoms with van der Waals surface area (Å²) in [6.07, 6.45) is 2.99. The van der Waals surface area contributed by atoms with Gasteiger partial charge in [0.05, 0.1) is 12.3 Å². The van der Waals surface area contributed by atoms with Gasteiger partial charge in [-0.3, -0.25) is 0 Å². The van der Waals surface area contributed by atoms with Gasteiger partial charge in [0.2, 0.25) is 12.3 Å². The van der Waals surface area contributed by atoms with Crippen LogP contribution in [0.4, 0.5) is 5.69 Å². The molecule has 0 aliphatic carbocycles. The molecule has 3 aromatic rings. The van der Waals surface area contributed by atoms with E-state index in [0.717, 1.165) is 17.0 Å². The van der Waals surface area contributed by atoms with Crippen molar-refractivity contribution in [2.75, 3.05) is 5.32 Å². The summed E-state index contributed by atoms with van der Waals surface area (Å²) in [4.78, 5) is 0. The Bertz CT molecular complexity index is 615. The summed E-state index contributed by atoms with van der Waals surface area (Å²) in [5.41, 5.74) is 1.90. The molecule has 19 heavy (non-hydrogen) atoms. The summed E-state index contributed by atoms with van der Waals surface area (Å²) >= 11 is 0. The predicted molar refractivity (Wildman–Crippen MR) is 70.5 cm³/mol. The number of nitrogens with one attached hydrogen (secondary N) is 1. The van der Waals surface area contributed by atoms with E-state index in [2.05, 4.69) is 15.5 Å². The van der Waals surface area contributed by atoms with Crippen LogP contribution >= 0.6 is 0 Å². The summed E-state index contributed by atoms with van der Waals surface area (Å²) in [6.45, 7) is 2.05. The van der Waals surface area contributed by atoms with Crippen LogP contribution in [-0.4, -0.2) is 10.2 Å². The molecule has 96 valence electrons. The van der Waals surface area contributed by atoms with Crippen molar-refractivity contribution in [3.8, 4) is 11.5 Å². The fourth-order valence-corrected chi connectivity index (χ4v) is 1.87. The lowest BCUT2D eigenvalue weighted by Crippen LogP contribution is -2.05. The molecule has 0 fully saturated rings. The molecule has 3 rings (SSSR count). The number of benzene rings is 1. The van der Waals surface area contributed by atoms with Gasteiger partial charge in [0.15, 0.2) is 0 Å². The minimum Gasteiger partial charge on any atom is -0.467 e. The molecule has 0 saturated carbocycles. The van der Waals surface area contributed by atoms with Crippen LogP contribution in [0.5, 0.6) is 0 Å². The molecule has 1 atom stereocenters. The van der Waals surface area contributed by atoms with Gasteiger partial charge in [-0.2, -0.15) is 0 Å². The van der Waals surface area contributed by atoms with Crippen LogP contribution in [0.15, 0.2) is 57.9 Å². The Kier molecular flexibility index (Phi) is 3.02. The zero-order valence-electron chi connectivity index (χ0n) is 10.4. The predicted octanol–water partition coefficient (Wildman–Crippen LogP) is 3.50. The fraction of sp³-hybridized carbons (Fsp3) is 0.143. The maximum Gasteiger partial charge on any atom is 0.247 e. The number of furan rings is 1. The average molecular weight is 255 g/mol. The molecule has 0 saturated heterocycles. The first kappa shape index (κ1) is 11.5. The van der Waals surface area contributed by atoms with E-state index in [1.54, 1.807) is 6.26 Å². The van der Waals surface area contributed by atoms with Crippen LogP contribution in [0.2, 0.25) is 0 Å². The third-order valence-corrected chi connectivity index (χ3v) is 2.85. The van der Waals surface area contributed by atoms with E-state index in [4.69, 9.17) is 8.83 Å². The van der Waals surface area contributed by atoms with E-state index in [1.165, 1.54) is 6.39 Å². The second-order valence-electron chi connectivity index (χ2n) is 4.20. The first-order valence-corrected chi connectivity index (χ1v) is 5.99. The quantitative estimate of drug-likeness (QED) is 0.772. The lowest BCUT2D eigenvalue weighted by atomic mass is 10.2. The van der Waals surface area contributed by atoms with Gasteiger partial charge in [0, 0.05) is 11.3 Å². The second-order valence-corrected chi connectivity index (χ2v) is 4.20. The maximum absolute atomic E-state index is 5.35. The van der Waals surface area contributed by atoms with E-state index in [-0.39, 0.29) is 6.04 Å². The van der Waals surface area contributed by atoms with Crippen LogP contribution in [-0.2, 0) is 0 Å².